The van der Waals surface area contributed by atoms with Crippen molar-refractivity contribution in [1.82, 2.24) is 15.1 Å². The summed E-state index contributed by atoms with van der Waals surface area (Å²) in [7, 11) is 0. The highest BCUT2D eigenvalue weighted by molar-refractivity contribution is 5.79. The second-order valence-corrected chi connectivity index (χ2v) is 9.04. The topological polar surface area (TPSA) is 44.8 Å². The van der Waals surface area contributed by atoms with E-state index in [1.807, 2.05) is 0 Å². The molecule has 1 amide bonds. The monoisotopic (exact) mass is 399 g/mol. The molecule has 1 aromatic carbocycles. The Morgan fingerprint density at radius 2 is 1.76 bits per heavy atom. The number of likely N-dealkylation sites (tertiary alicyclic amines) is 2. The van der Waals surface area contributed by atoms with E-state index in [9.17, 15) is 4.79 Å². The van der Waals surface area contributed by atoms with Crippen molar-refractivity contribution in [1.29, 1.82) is 0 Å². The van der Waals surface area contributed by atoms with Crippen LogP contribution in [0.3, 0.4) is 0 Å². The minimum Gasteiger partial charge on any atom is -0.379 e. The van der Waals surface area contributed by atoms with Gasteiger partial charge >= 0.3 is 0 Å². The van der Waals surface area contributed by atoms with Gasteiger partial charge in [0.1, 0.15) is 0 Å². The quantitative estimate of drug-likeness (QED) is 0.766. The lowest BCUT2D eigenvalue weighted by Gasteiger charge is -2.41. The van der Waals surface area contributed by atoms with Gasteiger partial charge in [0.25, 0.3) is 0 Å². The number of piperidine rings is 2. The Bertz CT molecular complexity index is 616. The zero-order valence-corrected chi connectivity index (χ0v) is 17.7. The van der Waals surface area contributed by atoms with E-state index in [-0.39, 0.29) is 17.9 Å². The van der Waals surface area contributed by atoms with Crippen molar-refractivity contribution >= 4 is 5.91 Å². The maximum Gasteiger partial charge on any atom is 0.223 e. The maximum absolute atomic E-state index is 12.5. The molecular weight excluding hydrogens is 362 g/mol. The Balaban J connectivity index is 1.11. The Hall–Kier alpha value is -1.43. The first-order chi connectivity index (χ1) is 14.3. The Morgan fingerprint density at radius 1 is 1.00 bits per heavy atom. The van der Waals surface area contributed by atoms with Crippen LogP contribution in [0, 0.1) is 5.92 Å². The summed E-state index contributed by atoms with van der Waals surface area (Å²) in [5.41, 5.74) is 1.45. The molecule has 3 saturated heterocycles. The lowest BCUT2D eigenvalue weighted by molar-refractivity contribution is -0.127. The van der Waals surface area contributed by atoms with Gasteiger partial charge in [-0.1, -0.05) is 30.3 Å². The summed E-state index contributed by atoms with van der Waals surface area (Å²) < 4.78 is 5.37. The van der Waals surface area contributed by atoms with Crippen LogP contribution < -0.4 is 5.32 Å². The molecule has 1 atom stereocenters. The van der Waals surface area contributed by atoms with Gasteiger partial charge in [-0.15, -0.1) is 0 Å². The van der Waals surface area contributed by atoms with Gasteiger partial charge < -0.3 is 19.9 Å². The number of carbonyl (C=O) groups excluding carboxylic acids is 1. The number of rotatable bonds is 7. The number of ether oxygens (including phenoxy) is 1. The molecule has 3 fully saturated rings. The van der Waals surface area contributed by atoms with Gasteiger partial charge in [-0.3, -0.25) is 4.79 Å². The lowest BCUT2D eigenvalue weighted by Crippen LogP contribution is -2.50. The summed E-state index contributed by atoms with van der Waals surface area (Å²) in [6, 6.07) is 11.8. The number of hydrogen-bond donors (Lipinski definition) is 1. The SMILES string of the molecule is O=C(N[C@H]1CCOC1)C1CCN(C2CCN(CCCc3ccccc3)CC2)CC1. The first kappa shape index (κ1) is 20.8. The zero-order chi connectivity index (χ0) is 19.9. The van der Waals surface area contributed by atoms with Gasteiger partial charge in [0, 0.05) is 18.6 Å². The van der Waals surface area contributed by atoms with Crippen LogP contribution in [0.25, 0.3) is 0 Å². The van der Waals surface area contributed by atoms with Crippen molar-refractivity contribution < 1.29 is 9.53 Å². The normalized spacial score (nSPS) is 25.3. The number of amides is 1. The van der Waals surface area contributed by atoms with Crippen molar-refractivity contribution in [3.63, 3.8) is 0 Å². The highest BCUT2D eigenvalue weighted by Gasteiger charge is 2.31. The van der Waals surface area contributed by atoms with E-state index in [0.717, 1.165) is 39.0 Å². The molecule has 5 nitrogen and oxygen atoms in total. The largest absolute Gasteiger partial charge is 0.379 e. The van der Waals surface area contributed by atoms with Gasteiger partial charge in [0.05, 0.1) is 12.6 Å². The molecule has 4 rings (SSSR count). The van der Waals surface area contributed by atoms with Crippen LogP contribution in [0.15, 0.2) is 30.3 Å². The van der Waals surface area contributed by atoms with Crippen LogP contribution in [0.2, 0.25) is 0 Å². The van der Waals surface area contributed by atoms with Gasteiger partial charge in [-0.25, -0.2) is 0 Å². The van der Waals surface area contributed by atoms with Crippen LogP contribution >= 0.6 is 0 Å². The molecule has 3 aliphatic heterocycles. The molecule has 3 heterocycles. The maximum atomic E-state index is 12.5. The third-order valence-corrected chi connectivity index (χ3v) is 7.03. The van der Waals surface area contributed by atoms with Crippen molar-refractivity contribution in [2.45, 2.75) is 57.0 Å². The standard InChI is InChI=1S/C24H37N3O2/c28-24(25-22-12-18-29-19-22)21-8-16-27(17-9-21)23-10-14-26(15-11-23)13-4-7-20-5-2-1-3-6-20/h1-3,5-6,21-23H,4,7-19H2,(H,25,28)/t22-/m0/s1. The third-order valence-electron chi connectivity index (χ3n) is 7.03. The number of nitrogens with one attached hydrogen (secondary N) is 1. The molecule has 0 aliphatic carbocycles. The summed E-state index contributed by atoms with van der Waals surface area (Å²) in [4.78, 5) is 17.8. The molecule has 0 unspecified atom stereocenters. The molecular formula is C24H37N3O2. The fourth-order valence-electron chi connectivity index (χ4n) is 5.15. The van der Waals surface area contributed by atoms with Crippen LogP contribution in [-0.4, -0.2) is 73.7 Å². The second-order valence-electron chi connectivity index (χ2n) is 9.04. The highest BCUT2D eigenvalue weighted by Crippen LogP contribution is 2.24. The van der Waals surface area contributed by atoms with Crippen LogP contribution in [-0.2, 0) is 16.0 Å². The minimum absolute atomic E-state index is 0.199. The Labute approximate surface area is 175 Å². The second kappa shape index (κ2) is 10.6. The molecule has 1 aromatic rings. The molecule has 0 spiro atoms. The van der Waals surface area contributed by atoms with E-state index in [2.05, 4.69) is 45.4 Å². The summed E-state index contributed by atoms with van der Waals surface area (Å²) in [5.74, 6) is 0.457. The summed E-state index contributed by atoms with van der Waals surface area (Å²) in [6.45, 7) is 7.30. The molecule has 29 heavy (non-hydrogen) atoms. The number of benzene rings is 1. The van der Waals surface area contributed by atoms with Crippen molar-refractivity contribution in [2.75, 3.05) is 45.9 Å². The van der Waals surface area contributed by atoms with Crippen LogP contribution in [0.1, 0.15) is 44.1 Å². The number of aryl methyl sites for hydroxylation is 1. The summed E-state index contributed by atoms with van der Waals surface area (Å²) >= 11 is 0. The highest BCUT2D eigenvalue weighted by atomic mass is 16.5. The van der Waals surface area contributed by atoms with E-state index in [1.54, 1.807) is 0 Å². The first-order valence-electron chi connectivity index (χ1n) is 11.7. The Kier molecular flexibility index (Phi) is 7.58. The van der Waals surface area contributed by atoms with Gasteiger partial charge in [-0.2, -0.15) is 0 Å². The van der Waals surface area contributed by atoms with Crippen molar-refractivity contribution in [3.8, 4) is 0 Å². The molecule has 1 N–H and O–H groups in total. The third kappa shape index (κ3) is 6.03. The minimum atomic E-state index is 0.199. The van der Waals surface area contributed by atoms with Gasteiger partial charge in [0.2, 0.25) is 5.91 Å². The molecule has 0 radical (unpaired) electrons. The van der Waals surface area contributed by atoms with Gasteiger partial charge in [0.15, 0.2) is 0 Å². The molecule has 5 heteroatoms. The zero-order valence-electron chi connectivity index (χ0n) is 17.7. The average molecular weight is 400 g/mol. The van der Waals surface area contributed by atoms with E-state index >= 15 is 0 Å². The van der Waals surface area contributed by atoms with E-state index in [4.69, 9.17) is 4.74 Å². The number of nitrogens with zero attached hydrogens (tertiary/aromatic N) is 2. The van der Waals surface area contributed by atoms with Crippen LogP contribution in [0.5, 0.6) is 0 Å². The van der Waals surface area contributed by atoms with E-state index < -0.39 is 0 Å². The first-order valence-corrected chi connectivity index (χ1v) is 11.7. The van der Waals surface area contributed by atoms with Crippen LogP contribution in [0.4, 0.5) is 0 Å². The molecule has 0 aromatic heterocycles. The molecule has 160 valence electrons. The van der Waals surface area contributed by atoms with Crippen molar-refractivity contribution in [3.05, 3.63) is 35.9 Å². The summed E-state index contributed by atoms with van der Waals surface area (Å²) in [5, 5.41) is 3.19. The molecule has 0 bridgehead atoms. The van der Waals surface area contributed by atoms with Crippen molar-refractivity contribution in [2.24, 2.45) is 5.92 Å². The summed E-state index contributed by atoms with van der Waals surface area (Å²) in [6.07, 6.45) is 7.98. The molecule has 3 aliphatic rings. The number of hydrogen-bond acceptors (Lipinski definition) is 4. The fraction of sp³-hybridized carbons (Fsp3) is 0.708. The molecule has 0 saturated carbocycles. The average Bonchev–Trinajstić information content (AvgIpc) is 3.28. The number of carbonyl (C=O) groups is 1. The van der Waals surface area contributed by atoms with Gasteiger partial charge in [-0.05, 0) is 83.2 Å². The smallest absolute Gasteiger partial charge is 0.223 e. The van der Waals surface area contributed by atoms with E-state index in [1.165, 1.54) is 50.9 Å². The lowest BCUT2D eigenvalue weighted by atomic mass is 9.92. The predicted octanol–water partition coefficient (Wildman–Crippen LogP) is 2.70. The Morgan fingerprint density at radius 3 is 2.45 bits per heavy atom. The fourth-order valence-corrected chi connectivity index (χ4v) is 5.15. The van der Waals surface area contributed by atoms with E-state index in [0.29, 0.717) is 12.6 Å². The predicted molar refractivity (Wildman–Crippen MR) is 116 cm³/mol.